The van der Waals surface area contributed by atoms with Gasteiger partial charge in [0.15, 0.2) is 0 Å². The number of nitrogens with two attached hydrogens (primary N) is 2. The number of likely N-dealkylation sites (tertiary alicyclic amines) is 1. The van der Waals surface area contributed by atoms with Crippen LogP contribution in [0.15, 0.2) is 0 Å². The zero-order valence-electron chi connectivity index (χ0n) is 10.5. The van der Waals surface area contributed by atoms with Gasteiger partial charge in [-0.05, 0) is 25.2 Å². The van der Waals surface area contributed by atoms with Gasteiger partial charge in [0.2, 0.25) is 11.8 Å². The van der Waals surface area contributed by atoms with E-state index < -0.39 is 6.04 Å². The van der Waals surface area contributed by atoms with Crippen molar-refractivity contribution < 1.29 is 9.59 Å². The number of hydrogen-bond donors (Lipinski definition) is 2. The van der Waals surface area contributed by atoms with Gasteiger partial charge in [-0.15, -0.1) is 0 Å². The summed E-state index contributed by atoms with van der Waals surface area (Å²) in [6.45, 7) is 3.39. The van der Waals surface area contributed by atoms with E-state index in [1.54, 1.807) is 4.90 Å². The lowest BCUT2D eigenvalue weighted by Gasteiger charge is -2.33. The summed E-state index contributed by atoms with van der Waals surface area (Å²) in [5, 5.41) is 0. The quantitative estimate of drug-likeness (QED) is 0.722. The van der Waals surface area contributed by atoms with Crippen molar-refractivity contribution in [3.63, 3.8) is 0 Å². The maximum atomic E-state index is 12.0. The van der Waals surface area contributed by atoms with Crippen molar-refractivity contribution in [1.29, 1.82) is 0 Å². The van der Waals surface area contributed by atoms with E-state index >= 15 is 0 Å². The van der Waals surface area contributed by atoms with Crippen LogP contribution >= 0.6 is 0 Å². The second-order valence-corrected chi connectivity index (χ2v) is 4.86. The third kappa shape index (κ3) is 4.34. The molecule has 98 valence electrons. The Hall–Kier alpha value is -1.10. The normalized spacial score (nSPS) is 22.2. The summed E-state index contributed by atoms with van der Waals surface area (Å²) in [4.78, 5) is 24.7. The molecule has 0 aliphatic carbocycles. The lowest BCUT2D eigenvalue weighted by molar-refractivity contribution is -0.135. The molecule has 1 heterocycles. The molecule has 0 aromatic carbocycles. The summed E-state index contributed by atoms with van der Waals surface area (Å²) in [5.41, 5.74) is 11.0. The van der Waals surface area contributed by atoms with Crippen LogP contribution in [0.1, 0.15) is 39.0 Å². The predicted molar refractivity (Wildman–Crippen MR) is 66.0 cm³/mol. The van der Waals surface area contributed by atoms with Crippen molar-refractivity contribution in [2.45, 2.75) is 45.1 Å². The van der Waals surface area contributed by atoms with E-state index in [9.17, 15) is 9.59 Å². The number of hydrogen-bond acceptors (Lipinski definition) is 3. The molecule has 2 atom stereocenters. The summed E-state index contributed by atoms with van der Waals surface area (Å²) >= 11 is 0. The van der Waals surface area contributed by atoms with Crippen molar-refractivity contribution in [3.05, 3.63) is 0 Å². The molecule has 1 fully saturated rings. The molecule has 5 heteroatoms. The van der Waals surface area contributed by atoms with Crippen LogP contribution < -0.4 is 11.5 Å². The first-order valence-corrected chi connectivity index (χ1v) is 6.37. The van der Waals surface area contributed by atoms with E-state index in [1.165, 1.54) is 0 Å². The summed E-state index contributed by atoms with van der Waals surface area (Å²) < 4.78 is 0. The number of rotatable bonds is 5. The zero-order valence-corrected chi connectivity index (χ0v) is 10.5. The van der Waals surface area contributed by atoms with E-state index in [2.05, 4.69) is 0 Å². The number of primary amides is 1. The van der Waals surface area contributed by atoms with E-state index in [-0.39, 0.29) is 17.7 Å². The molecule has 4 N–H and O–H groups in total. The van der Waals surface area contributed by atoms with Crippen LogP contribution in [-0.4, -0.2) is 35.8 Å². The highest BCUT2D eigenvalue weighted by molar-refractivity contribution is 5.81. The SMILES string of the molecule is CCCC(N)C(=O)N1CCCC(CC(N)=O)C1. The zero-order chi connectivity index (χ0) is 12.8. The fourth-order valence-electron chi connectivity index (χ4n) is 2.39. The molecule has 2 unspecified atom stereocenters. The van der Waals surface area contributed by atoms with Crippen molar-refractivity contribution in [1.82, 2.24) is 4.90 Å². The molecular weight excluding hydrogens is 218 g/mol. The lowest BCUT2D eigenvalue weighted by Crippen LogP contribution is -2.48. The van der Waals surface area contributed by atoms with Gasteiger partial charge in [0, 0.05) is 19.5 Å². The van der Waals surface area contributed by atoms with Crippen molar-refractivity contribution >= 4 is 11.8 Å². The minimum Gasteiger partial charge on any atom is -0.370 e. The van der Waals surface area contributed by atoms with Crippen LogP contribution in [0.2, 0.25) is 0 Å². The molecular formula is C12H23N3O2. The van der Waals surface area contributed by atoms with Crippen LogP contribution in [0.5, 0.6) is 0 Å². The van der Waals surface area contributed by atoms with Crippen LogP contribution in [0.25, 0.3) is 0 Å². The molecule has 0 saturated carbocycles. The number of carbonyl (C=O) groups is 2. The van der Waals surface area contributed by atoms with Gasteiger partial charge >= 0.3 is 0 Å². The Labute approximate surface area is 103 Å². The Morgan fingerprint density at radius 3 is 2.76 bits per heavy atom. The van der Waals surface area contributed by atoms with Gasteiger partial charge in [-0.25, -0.2) is 0 Å². The minimum atomic E-state index is -0.396. The molecule has 0 radical (unpaired) electrons. The highest BCUT2D eigenvalue weighted by atomic mass is 16.2. The van der Waals surface area contributed by atoms with E-state index in [0.29, 0.717) is 13.0 Å². The van der Waals surface area contributed by atoms with Gasteiger partial charge in [0.05, 0.1) is 6.04 Å². The molecule has 0 spiro atoms. The van der Waals surface area contributed by atoms with E-state index in [4.69, 9.17) is 11.5 Å². The Balaban J connectivity index is 2.48. The maximum Gasteiger partial charge on any atom is 0.239 e. The van der Waals surface area contributed by atoms with Crippen molar-refractivity contribution in [2.24, 2.45) is 17.4 Å². The second-order valence-electron chi connectivity index (χ2n) is 4.86. The Kier molecular flexibility index (Phi) is 5.41. The smallest absolute Gasteiger partial charge is 0.239 e. The number of nitrogens with zero attached hydrogens (tertiary/aromatic N) is 1. The molecule has 1 aliphatic heterocycles. The average Bonchev–Trinajstić information content (AvgIpc) is 2.28. The van der Waals surface area contributed by atoms with Gasteiger partial charge in [0.25, 0.3) is 0 Å². The first-order chi connectivity index (χ1) is 8.04. The van der Waals surface area contributed by atoms with Crippen LogP contribution in [0.4, 0.5) is 0 Å². The third-order valence-electron chi connectivity index (χ3n) is 3.24. The average molecular weight is 241 g/mol. The monoisotopic (exact) mass is 241 g/mol. The molecule has 0 aromatic rings. The van der Waals surface area contributed by atoms with Gasteiger partial charge in [-0.2, -0.15) is 0 Å². The lowest BCUT2D eigenvalue weighted by atomic mass is 9.94. The topological polar surface area (TPSA) is 89.4 Å². The fraction of sp³-hybridized carbons (Fsp3) is 0.833. The van der Waals surface area contributed by atoms with Crippen LogP contribution in [0, 0.1) is 5.92 Å². The second kappa shape index (κ2) is 6.59. The number of carbonyl (C=O) groups excluding carboxylic acids is 2. The van der Waals surface area contributed by atoms with Crippen molar-refractivity contribution in [3.8, 4) is 0 Å². The summed E-state index contributed by atoms with van der Waals surface area (Å²) in [5.74, 6) is -0.0674. The summed E-state index contributed by atoms with van der Waals surface area (Å²) in [6.07, 6.45) is 3.90. The van der Waals surface area contributed by atoms with E-state index in [0.717, 1.165) is 32.2 Å². The van der Waals surface area contributed by atoms with Gasteiger partial charge in [0.1, 0.15) is 0 Å². The van der Waals surface area contributed by atoms with Crippen LogP contribution in [0.3, 0.4) is 0 Å². The highest BCUT2D eigenvalue weighted by Crippen LogP contribution is 2.20. The molecule has 17 heavy (non-hydrogen) atoms. The highest BCUT2D eigenvalue weighted by Gasteiger charge is 2.27. The standard InChI is InChI=1S/C12H23N3O2/c1-2-4-10(13)12(17)15-6-3-5-9(8-15)7-11(14)16/h9-10H,2-8,13H2,1H3,(H2,14,16). The molecule has 0 bridgehead atoms. The number of piperidine rings is 1. The molecule has 1 rings (SSSR count). The first-order valence-electron chi connectivity index (χ1n) is 6.37. The molecule has 0 aromatic heterocycles. The Bertz CT molecular complexity index is 281. The fourth-order valence-corrected chi connectivity index (χ4v) is 2.39. The van der Waals surface area contributed by atoms with Gasteiger partial charge in [-0.1, -0.05) is 13.3 Å². The van der Waals surface area contributed by atoms with Gasteiger partial charge in [-0.3, -0.25) is 9.59 Å². The van der Waals surface area contributed by atoms with Crippen LogP contribution in [-0.2, 0) is 9.59 Å². The molecule has 5 nitrogen and oxygen atoms in total. The molecule has 1 aliphatic rings. The predicted octanol–water partition coefficient (Wildman–Crippen LogP) is 0.228. The summed E-state index contributed by atoms with van der Waals surface area (Å²) in [6, 6.07) is -0.396. The first kappa shape index (κ1) is 14.0. The minimum absolute atomic E-state index is 0.0148. The Morgan fingerprint density at radius 2 is 2.18 bits per heavy atom. The van der Waals surface area contributed by atoms with E-state index in [1.807, 2.05) is 6.92 Å². The molecule has 1 saturated heterocycles. The third-order valence-corrected chi connectivity index (χ3v) is 3.24. The van der Waals surface area contributed by atoms with Gasteiger partial charge < -0.3 is 16.4 Å². The van der Waals surface area contributed by atoms with Crippen molar-refractivity contribution in [2.75, 3.05) is 13.1 Å². The largest absolute Gasteiger partial charge is 0.370 e. The number of amides is 2. The molecule has 2 amide bonds. The Morgan fingerprint density at radius 1 is 1.47 bits per heavy atom. The maximum absolute atomic E-state index is 12.0. The summed E-state index contributed by atoms with van der Waals surface area (Å²) in [7, 11) is 0.